The summed E-state index contributed by atoms with van der Waals surface area (Å²) in [6.07, 6.45) is 3.53. The summed E-state index contributed by atoms with van der Waals surface area (Å²) in [5.74, 6) is 0.351. The molecular formula is C20H24BrN5O. The Balaban J connectivity index is 2.03. The van der Waals surface area contributed by atoms with E-state index in [0.717, 1.165) is 38.0 Å². The van der Waals surface area contributed by atoms with E-state index in [2.05, 4.69) is 31.2 Å². The number of nitrogens with zero attached hydrogens (tertiary/aromatic N) is 4. The molecule has 0 aliphatic carbocycles. The van der Waals surface area contributed by atoms with Gasteiger partial charge in [-0.1, -0.05) is 0 Å². The summed E-state index contributed by atoms with van der Waals surface area (Å²) in [7, 11) is 7.96. The third-order valence-corrected chi connectivity index (χ3v) is 4.50. The van der Waals surface area contributed by atoms with Gasteiger partial charge in [-0.25, -0.2) is 0 Å². The second kappa shape index (κ2) is 8.21. The Kier molecular flexibility index (Phi) is 5.94. The Morgan fingerprint density at radius 3 is 2.22 bits per heavy atom. The first-order chi connectivity index (χ1) is 12.8. The summed E-state index contributed by atoms with van der Waals surface area (Å²) in [4.78, 5) is 13.0. The Bertz CT molecular complexity index is 927. The normalized spacial score (nSPS) is 11.5. The van der Waals surface area contributed by atoms with Crippen LogP contribution in [0.5, 0.6) is 5.75 Å². The van der Waals surface area contributed by atoms with Gasteiger partial charge in [-0.15, -0.1) is 0 Å². The molecule has 0 aliphatic rings. The van der Waals surface area contributed by atoms with Crippen LogP contribution in [0.1, 0.15) is 11.1 Å². The van der Waals surface area contributed by atoms with Crippen molar-refractivity contribution < 1.29 is 5.11 Å². The summed E-state index contributed by atoms with van der Waals surface area (Å²) in [6.45, 7) is 1.31. The van der Waals surface area contributed by atoms with E-state index >= 15 is 0 Å². The standard InChI is InChI=1S/C20H24BrN5O/c1-25(2)11-13-7-16(8-14(20(13)27)12-26(3)4)24-17-5-6-22-18-9-15(21)10-23-19(17)18/h5-10,27H,11-12H2,1-4H3,(H,22,24). The van der Waals surface area contributed by atoms with Crippen molar-refractivity contribution in [3.8, 4) is 5.75 Å². The monoisotopic (exact) mass is 429 g/mol. The van der Waals surface area contributed by atoms with Crippen LogP contribution in [-0.4, -0.2) is 53.1 Å². The van der Waals surface area contributed by atoms with Crippen LogP contribution in [-0.2, 0) is 13.1 Å². The number of aromatic hydroxyl groups is 1. The van der Waals surface area contributed by atoms with E-state index in [1.807, 2.05) is 62.3 Å². The molecule has 3 aromatic rings. The number of hydrogen-bond acceptors (Lipinski definition) is 6. The van der Waals surface area contributed by atoms with Crippen LogP contribution in [0.15, 0.2) is 41.1 Å². The Morgan fingerprint density at radius 1 is 1.00 bits per heavy atom. The molecule has 0 atom stereocenters. The Labute approximate surface area is 168 Å². The average Bonchev–Trinajstić information content (AvgIpc) is 2.58. The van der Waals surface area contributed by atoms with Gasteiger partial charge in [0.1, 0.15) is 11.3 Å². The molecule has 27 heavy (non-hydrogen) atoms. The third-order valence-electron chi connectivity index (χ3n) is 4.06. The molecule has 0 spiro atoms. The van der Waals surface area contributed by atoms with E-state index in [9.17, 15) is 5.11 Å². The van der Waals surface area contributed by atoms with Crippen LogP contribution in [0.2, 0.25) is 0 Å². The van der Waals surface area contributed by atoms with E-state index < -0.39 is 0 Å². The van der Waals surface area contributed by atoms with Crippen molar-refractivity contribution in [2.24, 2.45) is 0 Å². The van der Waals surface area contributed by atoms with Gasteiger partial charge in [-0.05, 0) is 68.4 Å². The molecule has 7 heteroatoms. The van der Waals surface area contributed by atoms with Gasteiger partial charge in [-0.3, -0.25) is 9.97 Å². The van der Waals surface area contributed by atoms with Gasteiger partial charge < -0.3 is 20.2 Å². The van der Waals surface area contributed by atoms with Crippen molar-refractivity contribution in [3.05, 3.63) is 52.3 Å². The number of nitrogens with one attached hydrogen (secondary N) is 1. The number of aromatic nitrogens is 2. The predicted octanol–water partition coefficient (Wildman–Crippen LogP) is 3.96. The lowest BCUT2D eigenvalue weighted by molar-refractivity contribution is 0.368. The summed E-state index contributed by atoms with van der Waals surface area (Å²) in [6, 6.07) is 7.83. The molecule has 6 nitrogen and oxygen atoms in total. The maximum absolute atomic E-state index is 10.7. The Hall–Kier alpha value is -2.22. The highest BCUT2D eigenvalue weighted by Gasteiger charge is 2.13. The van der Waals surface area contributed by atoms with Crippen molar-refractivity contribution in [2.75, 3.05) is 33.5 Å². The van der Waals surface area contributed by atoms with E-state index in [0.29, 0.717) is 18.8 Å². The molecular weight excluding hydrogens is 406 g/mol. The number of pyridine rings is 2. The van der Waals surface area contributed by atoms with Crippen LogP contribution in [0.25, 0.3) is 11.0 Å². The summed E-state index contributed by atoms with van der Waals surface area (Å²) < 4.78 is 0.894. The summed E-state index contributed by atoms with van der Waals surface area (Å²) in [5.41, 5.74) is 5.18. The zero-order valence-electron chi connectivity index (χ0n) is 16.0. The summed E-state index contributed by atoms with van der Waals surface area (Å²) in [5, 5.41) is 14.1. The maximum Gasteiger partial charge on any atom is 0.124 e. The fraction of sp³-hybridized carbons (Fsp3) is 0.300. The number of rotatable bonds is 6. The van der Waals surface area contributed by atoms with E-state index in [-0.39, 0.29) is 0 Å². The van der Waals surface area contributed by atoms with Gasteiger partial charge in [-0.2, -0.15) is 0 Å². The first-order valence-corrected chi connectivity index (χ1v) is 9.44. The summed E-state index contributed by atoms with van der Waals surface area (Å²) >= 11 is 3.44. The first-order valence-electron chi connectivity index (χ1n) is 8.65. The van der Waals surface area contributed by atoms with Gasteiger partial charge in [0.25, 0.3) is 0 Å². The van der Waals surface area contributed by atoms with Crippen molar-refractivity contribution in [1.82, 2.24) is 19.8 Å². The molecule has 0 aliphatic heterocycles. The average molecular weight is 430 g/mol. The molecule has 1 aromatic carbocycles. The predicted molar refractivity (Wildman–Crippen MR) is 113 cm³/mol. The lowest BCUT2D eigenvalue weighted by Crippen LogP contribution is -2.14. The van der Waals surface area contributed by atoms with Crippen molar-refractivity contribution in [2.45, 2.75) is 13.1 Å². The molecule has 2 N–H and O–H groups in total. The van der Waals surface area contributed by atoms with Crippen molar-refractivity contribution >= 4 is 38.3 Å². The minimum atomic E-state index is 0.351. The minimum Gasteiger partial charge on any atom is -0.507 e. The second-order valence-corrected chi connectivity index (χ2v) is 8.04. The van der Waals surface area contributed by atoms with Crippen LogP contribution in [0.3, 0.4) is 0 Å². The molecule has 3 rings (SSSR count). The van der Waals surface area contributed by atoms with Gasteiger partial charge in [0.15, 0.2) is 0 Å². The number of phenolic OH excluding ortho intramolecular Hbond substituents is 1. The van der Waals surface area contributed by atoms with E-state index in [1.165, 1.54) is 0 Å². The molecule has 0 unspecified atom stereocenters. The molecule has 0 amide bonds. The fourth-order valence-corrected chi connectivity index (χ4v) is 3.34. The van der Waals surface area contributed by atoms with Gasteiger partial charge in [0, 0.05) is 46.8 Å². The zero-order valence-corrected chi connectivity index (χ0v) is 17.6. The van der Waals surface area contributed by atoms with Crippen LogP contribution < -0.4 is 5.32 Å². The van der Waals surface area contributed by atoms with Crippen LogP contribution in [0, 0.1) is 0 Å². The van der Waals surface area contributed by atoms with Gasteiger partial charge in [0.05, 0.1) is 11.2 Å². The van der Waals surface area contributed by atoms with Crippen molar-refractivity contribution in [1.29, 1.82) is 0 Å². The third kappa shape index (κ3) is 4.74. The molecule has 2 heterocycles. The highest BCUT2D eigenvalue weighted by Crippen LogP contribution is 2.32. The highest BCUT2D eigenvalue weighted by molar-refractivity contribution is 9.10. The minimum absolute atomic E-state index is 0.351. The maximum atomic E-state index is 10.7. The quantitative estimate of drug-likeness (QED) is 0.578. The fourth-order valence-electron chi connectivity index (χ4n) is 3.02. The molecule has 0 bridgehead atoms. The van der Waals surface area contributed by atoms with E-state index in [4.69, 9.17) is 0 Å². The van der Waals surface area contributed by atoms with Crippen LogP contribution in [0.4, 0.5) is 11.4 Å². The Morgan fingerprint density at radius 2 is 1.63 bits per heavy atom. The number of benzene rings is 1. The lowest BCUT2D eigenvalue weighted by Gasteiger charge is -2.19. The number of anilines is 2. The highest BCUT2D eigenvalue weighted by atomic mass is 79.9. The van der Waals surface area contributed by atoms with Gasteiger partial charge in [0.2, 0.25) is 0 Å². The number of halogens is 1. The number of hydrogen-bond donors (Lipinski definition) is 2. The van der Waals surface area contributed by atoms with Crippen LogP contribution >= 0.6 is 15.9 Å². The molecule has 0 saturated heterocycles. The molecule has 0 saturated carbocycles. The molecule has 0 radical (unpaired) electrons. The van der Waals surface area contributed by atoms with Gasteiger partial charge >= 0.3 is 0 Å². The number of fused-ring (bicyclic) bond motifs is 1. The van der Waals surface area contributed by atoms with E-state index in [1.54, 1.807) is 12.4 Å². The lowest BCUT2D eigenvalue weighted by atomic mass is 10.1. The zero-order chi connectivity index (χ0) is 19.6. The first kappa shape index (κ1) is 19.5. The topological polar surface area (TPSA) is 64.5 Å². The molecule has 2 aromatic heterocycles. The molecule has 142 valence electrons. The largest absolute Gasteiger partial charge is 0.507 e. The number of phenols is 1. The van der Waals surface area contributed by atoms with Crippen molar-refractivity contribution in [3.63, 3.8) is 0 Å². The molecule has 0 fully saturated rings. The smallest absolute Gasteiger partial charge is 0.124 e. The second-order valence-electron chi connectivity index (χ2n) is 7.12. The SMILES string of the molecule is CN(C)Cc1cc(Nc2ccnc3cc(Br)cnc23)cc(CN(C)C)c1O.